The summed E-state index contributed by atoms with van der Waals surface area (Å²) < 4.78 is 27.2. The number of amides is 1. The smallest absolute Gasteiger partial charge is 0.252 e. The van der Waals surface area contributed by atoms with E-state index in [1.54, 1.807) is 14.0 Å². The zero-order valence-electron chi connectivity index (χ0n) is 10.9. The maximum absolute atomic E-state index is 12.5. The van der Waals surface area contributed by atoms with Crippen LogP contribution in [0.15, 0.2) is 14.1 Å². The van der Waals surface area contributed by atoms with E-state index in [4.69, 9.17) is 11.6 Å². The highest BCUT2D eigenvalue weighted by Crippen LogP contribution is 2.39. The number of nitrogens with one attached hydrogen (secondary N) is 1. The van der Waals surface area contributed by atoms with Crippen molar-refractivity contribution in [1.29, 1.82) is 0 Å². The van der Waals surface area contributed by atoms with Crippen LogP contribution in [-0.4, -0.2) is 38.8 Å². The Hall–Kier alpha value is -0.150. The van der Waals surface area contributed by atoms with E-state index in [-0.39, 0.29) is 16.7 Å². The fourth-order valence-corrected chi connectivity index (χ4v) is 6.31. The molecule has 1 fully saturated rings. The molecule has 1 aliphatic heterocycles. The first-order valence-electron chi connectivity index (χ1n) is 5.88. The lowest BCUT2D eigenvalue weighted by Gasteiger charge is -2.22. The highest BCUT2D eigenvalue weighted by atomic mass is 79.9. The minimum atomic E-state index is -3.60. The molecule has 2 rings (SSSR count). The van der Waals surface area contributed by atoms with Gasteiger partial charge in [-0.1, -0.05) is 11.6 Å². The van der Waals surface area contributed by atoms with Crippen molar-refractivity contribution in [2.75, 3.05) is 20.1 Å². The van der Waals surface area contributed by atoms with Crippen molar-refractivity contribution in [1.82, 2.24) is 9.62 Å². The van der Waals surface area contributed by atoms with Gasteiger partial charge in [-0.25, -0.2) is 8.42 Å². The van der Waals surface area contributed by atoms with Gasteiger partial charge in [-0.15, -0.1) is 11.3 Å². The normalized spacial score (nSPS) is 24.0. The molecule has 1 aliphatic rings. The zero-order valence-corrected chi connectivity index (χ0v) is 14.9. The molecule has 20 heavy (non-hydrogen) atoms. The van der Waals surface area contributed by atoms with Crippen LogP contribution in [0.3, 0.4) is 0 Å². The van der Waals surface area contributed by atoms with Gasteiger partial charge in [0, 0.05) is 20.1 Å². The Morgan fingerprint density at radius 2 is 2.25 bits per heavy atom. The number of rotatable bonds is 3. The molecule has 1 amide bonds. The van der Waals surface area contributed by atoms with E-state index in [9.17, 15) is 13.2 Å². The number of thiophene rings is 1. The molecule has 112 valence electrons. The average molecular weight is 402 g/mol. The predicted molar refractivity (Wildman–Crippen MR) is 82.6 cm³/mol. The van der Waals surface area contributed by atoms with Gasteiger partial charge < -0.3 is 5.32 Å². The second-order valence-electron chi connectivity index (χ2n) is 4.92. The summed E-state index contributed by atoms with van der Waals surface area (Å²) in [6.07, 6.45) is 0.506. The first kappa shape index (κ1) is 16.2. The first-order valence-corrected chi connectivity index (χ1v) is 9.30. The lowest BCUT2D eigenvalue weighted by atomic mass is 9.89. The van der Waals surface area contributed by atoms with E-state index >= 15 is 0 Å². The first-order chi connectivity index (χ1) is 9.20. The number of carbonyl (C=O) groups excluding carboxylic acids is 1. The summed E-state index contributed by atoms with van der Waals surface area (Å²) in [5, 5.41) is 2.96. The van der Waals surface area contributed by atoms with Crippen LogP contribution in [-0.2, 0) is 14.8 Å². The molecule has 0 aromatic carbocycles. The van der Waals surface area contributed by atoms with E-state index in [2.05, 4.69) is 21.2 Å². The summed E-state index contributed by atoms with van der Waals surface area (Å²) in [5.41, 5.74) is -0.680. The minimum Gasteiger partial charge on any atom is -0.359 e. The largest absolute Gasteiger partial charge is 0.359 e. The summed E-state index contributed by atoms with van der Waals surface area (Å²) >= 11 is 10.2. The van der Waals surface area contributed by atoms with Crippen molar-refractivity contribution in [3.8, 4) is 0 Å². The quantitative estimate of drug-likeness (QED) is 0.845. The summed E-state index contributed by atoms with van der Waals surface area (Å²) in [4.78, 5) is 11.8. The molecular weight excluding hydrogens is 388 g/mol. The highest BCUT2D eigenvalue weighted by Gasteiger charge is 2.44. The molecule has 1 atom stereocenters. The summed E-state index contributed by atoms with van der Waals surface area (Å²) in [6.45, 7) is 2.29. The Bertz CT molecular complexity index is 627. The Morgan fingerprint density at radius 3 is 2.75 bits per heavy atom. The second-order valence-corrected chi connectivity index (χ2v) is 9.86. The van der Waals surface area contributed by atoms with Gasteiger partial charge in [0.2, 0.25) is 5.91 Å². The fourth-order valence-electron chi connectivity index (χ4n) is 2.19. The molecule has 5 nitrogen and oxygen atoms in total. The van der Waals surface area contributed by atoms with Crippen LogP contribution in [0.25, 0.3) is 0 Å². The molecule has 0 bridgehead atoms. The lowest BCUT2D eigenvalue weighted by molar-refractivity contribution is -0.128. The number of halogens is 2. The monoisotopic (exact) mass is 400 g/mol. The topological polar surface area (TPSA) is 66.5 Å². The van der Waals surface area contributed by atoms with Gasteiger partial charge in [-0.05, 0) is 35.3 Å². The van der Waals surface area contributed by atoms with Gasteiger partial charge >= 0.3 is 0 Å². The van der Waals surface area contributed by atoms with Crippen molar-refractivity contribution in [2.45, 2.75) is 17.6 Å². The number of sulfonamides is 1. The van der Waals surface area contributed by atoms with Gasteiger partial charge in [0.1, 0.15) is 4.21 Å². The third kappa shape index (κ3) is 2.76. The molecule has 0 aliphatic carbocycles. The van der Waals surface area contributed by atoms with Crippen LogP contribution in [0.2, 0.25) is 5.02 Å². The summed E-state index contributed by atoms with van der Waals surface area (Å²) in [7, 11) is -2.04. The number of hydrogen-bond donors (Lipinski definition) is 1. The predicted octanol–water partition coefficient (Wildman–Crippen LogP) is 2.31. The highest BCUT2D eigenvalue weighted by molar-refractivity contribution is 9.11. The van der Waals surface area contributed by atoms with Crippen molar-refractivity contribution in [3.05, 3.63) is 14.9 Å². The van der Waals surface area contributed by atoms with Crippen molar-refractivity contribution in [3.63, 3.8) is 0 Å². The third-order valence-electron chi connectivity index (χ3n) is 3.43. The van der Waals surface area contributed by atoms with E-state index < -0.39 is 15.4 Å². The molecule has 1 N–H and O–H groups in total. The molecule has 0 spiro atoms. The molecule has 0 saturated carbocycles. The molecule has 0 radical (unpaired) electrons. The maximum atomic E-state index is 12.5. The molecule has 1 aromatic heterocycles. The molecular formula is C11H14BrClN2O3S2. The van der Waals surface area contributed by atoms with Crippen LogP contribution in [0.5, 0.6) is 0 Å². The fraction of sp³-hybridized carbons (Fsp3) is 0.545. The number of nitrogens with zero attached hydrogens (tertiary/aromatic N) is 1. The molecule has 2 heterocycles. The van der Waals surface area contributed by atoms with E-state index in [0.717, 1.165) is 11.3 Å². The summed E-state index contributed by atoms with van der Waals surface area (Å²) in [6, 6.07) is 1.43. The van der Waals surface area contributed by atoms with Crippen LogP contribution in [0, 0.1) is 5.41 Å². The number of carbonyl (C=O) groups is 1. The Labute approximate surface area is 135 Å². The second kappa shape index (κ2) is 5.57. The number of hydrogen-bond acceptors (Lipinski definition) is 4. The lowest BCUT2D eigenvalue weighted by Crippen LogP contribution is -2.40. The maximum Gasteiger partial charge on any atom is 0.252 e. The van der Waals surface area contributed by atoms with Crippen molar-refractivity contribution < 1.29 is 13.2 Å². The Morgan fingerprint density at radius 1 is 1.60 bits per heavy atom. The SMILES string of the molecule is CNC(=O)C1(C)CCN(S(=O)(=O)c2cc(Cl)c(Br)s2)C1. The van der Waals surface area contributed by atoms with Gasteiger partial charge in [0.05, 0.1) is 14.2 Å². The Balaban J connectivity index is 2.27. The Kier molecular flexibility index (Phi) is 4.52. The van der Waals surface area contributed by atoms with E-state index in [0.29, 0.717) is 21.8 Å². The minimum absolute atomic E-state index is 0.138. The van der Waals surface area contributed by atoms with Crippen molar-refractivity contribution in [2.24, 2.45) is 5.41 Å². The van der Waals surface area contributed by atoms with Crippen molar-refractivity contribution >= 4 is 54.8 Å². The van der Waals surface area contributed by atoms with E-state index in [1.165, 1.54) is 10.4 Å². The van der Waals surface area contributed by atoms with Gasteiger partial charge in [-0.3, -0.25) is 4.79 Å². The van der Waals surface area contributed by atoms with Gasteiger partial charge in [0.25, 0.3) is 10.0 Å². The van der Waals surface area contributed by atoms with Gasteiger partial charge in [-0.2, -0.15) is 4.31 Å². The molecule has 1 unspecified atom stereocenters. The third-order valence-corrected chi connectivity index (χ3v) is 8.20. The standard InChI is InChI=1S/C11H14BrClN2O3S2/c1-11(10(16)14-2)3-4-15(6-11)20(17,18)8-5-7(13)9(12)19-8/h5H,3-4,6H2,1-2H3,(H,14,16). The molecule has 1 aromatic rings. The van der Waals surface area contributed by atoms with Gasteiger partial charge in [0.15, 0.2) is 0 Å². The summed E-state index contributed by atoms with van der Waals surface area (Å²) in [5.74, 6) is -0.138. The van der Waals surface area contributed by atoms with E-state index in [1.807, 2.05) is 0 Å². The van der Waals surface area contributed by atoms with Crippen LogP contribution >= 0.6 is 38.9 Å². The van der Waals surface area contributed by atoms with Crippen LogP contribution < -0.4 is 5.32 Å². The molecule has 1 saturated heterocycles. The van der Waals surface area contributed by atoms with Crippen LogP contribution in [0.1, 0.15) is 13.3 Å². The van der Waals surface area contributed by atoms with Crippen LogP contribution in [0.4, 0.5) is 0 Å². The average Bonchev–Trinajstić information content (AvgIpc) is 2.95. The zero-order chi connectivity index (χ0) is 15.1. The molecule has 9 heteroatoms.